The molecule has 3 rings (SSSR count). The smallest absolute Gasteiger partial charge is 0.153 e. The number of aromatic nitrogens is 1. The first-order valence-corrected chi connectivity index (χ1v) is 6.53. The standard InChI is InChI=1S/C12H10ClNO2S/c13-7-1-2-10-8(5-7)9(15)6-11(16-10)12-14-3-4-17-12/h1-5,9,11,15H,6H2/t9-,11?/m1/s1. The van der Waals surface area contributed by atoms with Gasteiger partial charge in [0.1, 0.15) is 10.8 Å². The molecule has 0 radical (unpaired) electrons. The van der Waals surface area contributed by atoms with Crippen LogP contribution in [0.2, 0.25) is 5.02 Å². The highest BCUT2D eigenvalue weighted by atomic mass is 35.5. The van der Waals surface area contributed by atoms with Crippen LogP contribution in [0, 0.1) is 0 Å². The molecule has 88 valence electrons. The third-order valence-corrected chi connectivity index (χ3v) is 3.87. The lowest BCUT2D eigenvalue weighted by molar-refractivity contribution is 0.0656. The Morgan fingerprint density at radius 2 is 2.35 bits per heavy atom. The molecular formula is C12H10ClNO2S. The molecule has 1 aliphatic rings. The van der Waals surface area contributed by atoms with Crippen molar-refractivity contribution in [3.8, 4) is 5.75 Å². The SMILES string of the molecule is O[C@@H]1CC(c2nccs2)Oc2ccc(Cl)cc21. The van der Waals surface area contributed by atoms with Crippen LogP contribution in [-0.4, -0.2) is 10.1 Å². The molecule has 1 aromatic carbocycles. The molecular weight excluding hydrogens is 258 g/mol. The normalized spacial score (nSPS) is 22.9. The van der Waals surface area contributed by atoms with E-state index in [2.05, 4.69) is 4.98 Å². The summed E-state index contributed by atoms with van der Waals surface area (Å²) >= 11 is 7.44. The van der Waals surface area contributed by atoms with Crippen molar-refractivity contribution in [1.82, 2.24) is 4.98 Å². The van der Waals surface area contributed by atoms with Gasteiger partial charge in [-0.25, -0.2) is 4.98 Å². The second-order valence-corrected chi connectivity index (χ2v) is 5.27. The molecule has 0 bridgehead atoms. The Morgan fingerprint density at radius 1 is 1.47 bits per heavy atom. The summed E-state index contributed by atoms with van der Waals surface area (Å²) in [6.07, 6.45) is 1.54. The van der Waals surface area contributed by atoms with Gasteiger partial charge in [-0.05, 0) is 18.2 Å². The first-order chi connectivity index (χ1) is 8.24. The molecule has 2 heterocycles. The van der Waals surface area contributed by atoms with Crippen LogP contribution in [0.5, 0.6) is 5.75 Å². The zero-order valence-corrected chi connectivity index (χ0v) is 10.4. The molecule has 2 atom stereocenters. The third kappa shape index (κ3) is 2.04. The van der Waals surface area contributed by atoms with Crippen molar-refractivity contribution in [3.05, 3.63) is 45.4 Å². The first kappa shape index (κ1) is 11.0. The minimum absolute atomic E-state index is 0.168. The fourth-order valence-corrected chi connectivity index (χ4v) is 2.82. The van der Waals surface area contributed by atoms with Gasteiger partial charge in [0, 0.05) is 28.6 Å². The Balaban J connectivity index is 1.96. The lowest BCUT2D eigenvalue weighted by Gasteiger charge is -2.28. The lowest BCUT2D eigenvalue weighted by atomic mass is 9.99. The lowest BCUT2D eigenvalue weighted by Crippen LogP contribution is -2.18. The largest absolute Gasteiger partial charge is 0.483 e. The van der Waals surface area contributed by atoms with Gasteiger partial charge >= 0.3 is 0 Å². The first-order valence-electron chi connectivity index (χ1n) is 5.27. The highest BCUT2D eigenvalue weighted by molar-refractivity contribution is 7.09. The number of halogens is 1. The molecule has 1 aliphatic heterocycles. The van der Waals surface area contributed by atoms with E-state index in [-0.39, 0.29) is 6.10 Å². The van der Waals surface area contributed by atoms with E-state index >= 15 is 0 Å². The van der Waals surface area contributed by atoms with Crippen LogP contribution in [0.25, 0.3) is 0 Å². The third-order valence-electron chi connectivity index (χ3n) is 2.76. The number of hydrogen-bond donors (Lipinski definition) is 1. The number of nitrogens with zero attached hydrogens (tertiary/aromatic N) is 1. The van der Waals surface area contributed by atoms with Crippen molar-refractivity contribution in [3.63, 3.8) is 0 Å². The van der Waals surface area contributed by atoms with Gasteiger partial charge in [0.2, 0.25) is 0 Å². The number of fused-ring (bicyclic) bond motifs is 1. The van der Waals surface area contributed by atoms with Crippen molar-refractivity contribution < 1.29 is 9.84 Å². The van der Waals surface area contributed by atoms with Crippen LogP contribution in [0.15, 0.2) is 29.8 Å². The van der Waals surface area contributed by atoms with Crippen LogP contribution >= 0.6 is 22.9 Å². The zero-order valence-electron chi connectivity index (χ0n) is 8.84. The summed E-state index contributed by atoms with van der Waals surface area (Å²) in [4.78, 5) is 4.22. The molecule has 17 heavy (non-hydrogen) atoms. The maximum Gasteiger partial charge on any atom is 0.153 e. The average Bonchev–Trinajstić information content (AvgIpc) is 2.83. The second-order valence-electron chi connectivity index (χ2n) is 3.91. The predicted molar refractivity (Wildman–Crippen MR) is 66.5 cm³/mol. The van der Waals surface area contributed by atoms with E-state index < -0.39 is 6.10 Å². The Kier molecular flexibility index (Phi) is 2.78. The monoisotopic (exact) mass is 267 g/mol. The van der Waals surface area contributed by atoms with Gasteiger partial charge in [0.25, 0.3) is 0 Å². The van der Waals surface area contributed by atoms with Crippen LogP contribution < -0.4 is 4.74 Å². The second kappa shape index (κ2) is 4.29. The number of ether oxygens (including phenoxy) is 1. The molecule has 1 N–H and O–H groups in total. The van der Waals surface area contributed by atoms with Crippen LogP contribution in [0.4, 0.5) is 0 Å². The van der Waals surface area contributed by atoms with E-state index in [1.807, 2.05) is 5.38 Å². The minimum Gasteiger partial charge on any atom is -0.483 e. The van der Waals surface area contributed by atoms with E-state index in [1.165, 1.54) is 11.3 Å². The molecule has 5 heteroatoms. The summed E-state index contributed by atoms with van der Waals surface area (Å²) in [5.41, 5.74) is 0.755. The van der Waals surface area contributed by atoms with Gasteiger partial charge in [-0.1, -0.05) is 11.6 Å². The van der Waals surface area contributed by atoms with Crippen molar-refractivity contribution in [2.45, 2.75) is 18.6 Å². The molecule has 0 saturated heterocycles. The van der Waals surface area contributed by atoms with Crippen molar-refractivity contribution in [2.75, 3.05) is 0 Å². The van der Waals surface area contributed by atoms with Gasteiger partial charge in [-0.2, -0.15) is 0 Å². The Labute approximate surface area is 108 Å². The van der Waals surface area contributed by atoms with Gasteiger partial charge in [0.05, 0.1) is 6.10 Å². The van der Waals surface area contributed by atoms with Gasteiger partial charge in [-0.15, -0.1) is 11.3 Å². The predicted octanol–water partition coefficient (Wildman–Crippen LogP) is 3.35. The molecule has 0 amide bonds. The maximum absolute atomic E-state index is 10.1. The van der Waals surface area contributed by atoms with Gasteiger partial charge in [-0.3, -0.25) is 0 Å². The van der Waals surface area contributed by atoms with Crippen LogP contribution in [0.1, 0.15) is 29.2 Å². The quantitative estimate of drug-likeness (QED) is 0.862. The molecule has 1 aromatic heterocycles. The highest BCUT2D eigenvalue weighted by Gasteiger charge is 2.29. The summed E-state index contributed by atoms with van der Waals surface area (Å²) < 4.78 is 5.83. The van der Waals surface area contributed by atoms with Crippen molar-refractivity contribution in [1.29, 1.82) is 0 Å². The number of aliphatic hydroxyl groups excluding tert-OH is 1. The zero-order chi connectivity index (χ0) is 11.8. The molecule has 0 aliphatic carbocycles. The molecule has 0 fully saturated rings. The molecule has 3 nitrogen and oxygen atoms in total. The fraction of sp³-hybridized carbons (Fsp3) is 0.250. The van der Waals surface area contributed by atoms with E-state index in [0.29, 0.717) is 17.2 Å². The Hall–Kier alpha value is -1.10. The molecule has 2 aromatic rings. The van der Waals surface area contributed by atoms with E-state index in [4.69, 9.17) is 16.3 Å². The summed E-state index contributed by atoms with van der Waals surface area (Å²) in [5, 5.41) is 13.5. The summed E-state index contributed by atoms with van der Waals surface area (Å²) in [6.45, 7) is 0. The number of rotatable bonds is 1. The minimum atomic E-state index is -0.550. The highest BCUT2D eigenvalue weighted by Crippen LogP contribution is 2.41. The summed E-state index contributed by atoms with van der Waals surface area (Å²) in [6, 6.07) is 5.30. The number of benzene rings is 1. The molecule has 0 spiro atoms. The Morgan fingerprint density at radius 3 is 3.12 bits per heavy atom. The van der Waals surface area contributed by atoms with Gasteiger partial charge in [0.15, 0.2) is 6.10 Å². The van der Waals surface area contributed by atoms with E-state index in [0.717, 1.165) is 10.6 Å². The topological polar surface area (TPSA) is 42.4 Å². The fourth-order valence-electron chi connectivity index (χ4n) is 1.96. The van der Waals surface area contributed by atoms with Crippen molar-refractivity contribution in [2.24, 2.45) is 0 Å². The molecule has 0 saturated carbocycles. The average molecular weight is 268 g/mol. The van der Waals surface area contributed by atoms with E-state index in [9.17, 15) is 5.11 Å². The maximum atomic E-state index is 10.1. The summed E-state index contributed by atoms with van der Waals surface area (Å²) in [5.74, 6) is 0.688. The van der Waals surface area contributed by atoms with E-state index in [1.54, 1.807) is 24.4 Å². The van der Waals surface area contributed by atoms with Crippen LogP contribution in [-0.2, 0) is 0 Å². The number of aliphatic hydroxyl groups is 1. The van der Waals surface area contributed by atoms with Crippen molar-refractivity contribution >= 4 is 22.9 Å². The Bertz CT molecular complexity index is 529. The molecule has 1 unspecified atom stereocenters. The van der Waals surface area contributed by atoms with Gasteiger partial charge < -0.3 is 9.84 Å². The number of thiazole rings is 1. The summed E-state index contributed by atoms with van der Waals surface area (Å²) in [7, 11) is 0. The number of hydrogen-bond acceptors (Lipinski definition) is 4. The van der Waals surface area contributed by atoms with Crippen LogP contribution in [0.3, 0.4) is 0 Å².